The van der Waals surface area contributed by atoms with Crippen molar-refractivity contribution in [1.29, 1.82) is 0 Å². The lowest BCUT2D eigenvalue weighted by Gasteiger charge is -2.26. The summed E-state index contributed by atoms with van der Waals surface area (Å²) in [5.74, 6) is 0.914. The molecule has 0 fully saturated rings. The van der Waals surface area contributed by atoms with E-state index in [4.69, 9.17) is 16.3 Å². The minimum absolute atomic E-state index is 0.111. The Kier molecular flexibility index (Phi) is 3.55. The third-order valence-corrected chi connectivity index (χ3v) is 4.84. The summed E-state index contributed by atoms with van der Waals surface area (Å²) in [6, 6.07) is 12.5. The summed E-state index contributed by atoms with van der Waals surface area (Å²) in [5.41, 5.74) is 6.12. The lowest BCUT2D eigenvalue weighted by atomic mass is 9.93. The number of nitrogens with one attached hydrogen (secondary N) is 2. The van der Waals surface area contributed by atoms with Crippen molar-refractivity contribution in [3.05, 3.63) is 63.8 Å². The molecule has 2 N–H and O–H groups in total. The van der Waals surface area contributed by atoms with Gasteiger partial charge in [0, 0.05) is 33.7 Å². The first-order chi connectivity index (χ1) is 11.2. The monoisotopic (exact) mass is 326 g/mol. The zero-order valence-corrected chi connectivity index (χ0v) is 14.0. The molecule has 3 aromatic rings. The van der Waals surface area contributed by atoms with Crippen molar-refractivity contribution in [2.24, 2.45) is 0 Å². The molecule has 0 aliphatic carbocycles. The number of rotatable bonds is 2. The average molecular weight is 327 g/mol. The molecule has 0 radical (unpaired) electrons. The molecule has 0 saturated carbocycles. The summed E-state index contributed by atoms with van der Waals surface area (Å²) in [6.45, 7) is 3.05. The van der Waals surface area contributed by atoms with Gasteiger partial charge in [0.05, 0.1) is 13.2 Å². The Balaban J connectivity index is 1.91. The van der Waals surface area contributed by atoms with Gasteiger partial charge in [-0.25, -0.2) is 0 Å². The van der Waals surface area contributed by atoms with E-state index in [9.17, 15) is 0 Å². The number of aryl methyl sites for hydroxylation is 1. The SMILES string of the molecule is COc1ccc(C)cc1C1NCCc2c1[nH]c1ccc(Cl)cc21. The number of benzene rings is 2. The van der Waals surface area contributed by atoms with E-state index in [1.807, 2.05) is 12.1 Å². The number of aromatic nitrogens is 1. The van der Waals surface area contributed by atoms with E-state index in [2.05, 4.69) is 41.5 Å². The molecular weight excluding hydrogens is 308 g/mol. The van der Waals surface area contributed by atoms with Crippen molar-refractivity contribution < 1.29 is 4.74 Å². The summed E-state index contributed by atoms with van der Waals surface area (Å²) < 4.78 is 5.59. The lowest BCUT2D eigenvalue weighted by Crippen LogP contribution is -2.30. The van der Waals surface area contributed by atoms with Crippen LogP contribution in [0.4, 0.5) is 0 Å². The molecule has 0 spiro atoms. The molecule has 0 bridgehead atoms. The molecule has 3 nitrogen and oxygen atoms in total. The van der Waals surface area contributed by atoms with Crippen molar-refractivity contribution in [3.8, 4) is 5.75 Å². The molecule has 1 aliphatic heterocycles. The third kappa shape index (κ3) is 2.41. The van der Waals surface area contributed by atoms with Crippen LogP contribution in [0.5, 0.6) is 5.75 Å². The minimum Gasteiger partial charge on any atom is -0.496 e. The molecule has 0 amide bonds. The Labute approximate surface area is 140 Å². The second-order valence-electron chi connectivity index (χ2n) is 6.09. The van der Waals surface area contributed by atoms with Crippen molar-refractivity contribution in [2.45, 2.75) is 19.4 Å². The van der Waals surface area contributed by atoms with Crippen LogP contribution in [0.1, 0.15) is 28.4 Å². The first-order valence-electron chi connectivity index (χ1n) is 7.85. The molecule has 0 saturated heterocycles. The summed E-state index contributed by atoms with van der Waals surface area (Å²) in [4.78, 5) is 3.59. The fourth-order valence-electron chi connectivity index (χ4n) is 3.54. The van der Waals surface area contributed by atoms with Crippen LogP contribution in [-0.2, 0) is 6.42 Å². The largest absolute Gasteiger partial charge is 0.496 e. The quantitative estimate of drug-likeness (QED) is 0.733. The maximum atomic E-state index is 6.19. The average Bonchev–Trinajstić information content (AvgIpc) is 2.92. The van der Waals surface area contributed by atoms with Crippen LogP contribution < -0.4 is 10.1 Å². The highest BCUT2D eigenvalue weighted by Gasteiger charge is 2.27. The molecule has 2 heterocycles. The summed E-state index contributed by atoms with van der Waals surface area (Å²) in [6.07, 6.45) is 1.00. The number of aromatic amines is 1. The van der Waals surface area contributed by atoms with E-state index in [0.29, 0.717) is 0 Å². The normalized spacial score (nSPS) is 17.3. The van der Waals surface area contributed by atoms with E-state index in [1.165, 1.54) is 27.8 Å². The molecule has 118 valence electrons. The number of fused-ring (bicyclic) bond motifs is 3. The maximum absolute atomic E-state index is 6.19. The second kappa shape index (κ2) is 5.59. The number of methoxy groups -OCH3 is 1. The van der Waals surface area contributed by atoms with Crippen LogP contribution >= 0.6 is 11.6 Å². The van der Waals surface area contributed by atoms with Crippen molar-refractivity contribution >= 4 is 22.5 Å². The van der Waals surface area contributed by atoms with E-state index < -0.39 is 0 Å². The van der Waals surface area contributed by atoms with Gasteiger partial charge in [0.15, 0.2) is 0 Å². The fraction of sp³-hybridized carbons (Fsp3) is 0.263. The maximum Gasteiger partial charge on any atom is 0.124 e. The predicted molar refractivity (Wildman–Crippen MR) is 94.6 cm³/mol. The first kappa shape index (κ1) is 14.6. The number of H-pyrrole nitrogens is 1. The molecule has 2 aromatic carbocycles. The van der Waals surface area contributed by atoms with Crippen LogP contribution in [0, 0.1) is 6.92 Å². The predicted octanol–water partition coefficient (Wildman–Crippen LogP) is 4.37. The summed E-state index contributed by atoms with van der Waals surface area (Å²) >= 11 is 6.19. The van der Waals surface area contributed by atoms with E-state index >= 15 is 0 Å². The number of halogens is 1. The van der Waals surface area contributed by atoms with Gasteiger partial charge in [-0.2, -0.15) is 0 Å². The van der Waals surface area contributed by atoms with Crippen LogP contribution in [0.15, 0.2) is 36.4 Å². The van der Waals surface area contributed by atoms with Crippen molar-refractivity contribution in [2.75, 3.05) is 13.7 Å². The van der Waals surface area contributed by atoms with Gasteiger partial charge in [0.1, 0.15) is 5.75 Å². The van der Waals surface area contributed by atoms with Gasteiger partial charge in [-0.05, 0) is 43.2 Å². The van der Waals surface area contributed by atoms with Crippen LogP contribution in [0.2, 0.25) is 5.02 Å². The molecule has 1 unspecified atom stereocenters. The van der Waals surface area contributed by atoms with Crippen LogP contribution in [0.3, 0.4) is 0 Å². The Morgan fingerprint density at radius 1 is 1.17 bits per heavy atom. The fourth-order valence-corrected chi connectivity index (χ4v) is 3.72. The zero-order chi connectivity index (χ0) is 16.0. The molecule has 23 heavy (non-hydrogen) atoms. The Bertz CT molecular complexity index is 884. The summed E-state index contributed by atoms with van der Waals surface area (Å²) in [7, 11) is 1.73. The molecule has 1 aliphatic rings. The van der Waals surface area contributed by atoms with Crippen molar-refractivity contribution in [1.82, 2.24) is 10.3 Å². The third-order valence-electron chi connectivity index (χ3n) is 4.61. The van der Waals surface area contributed by atoms with Gasteiger partial charge in [-0.15, -0.1) is 0 Å². The van der Waals surface area contributed by atoms with Gasteiger partial charge >= 0.3 is 0 Å². The van der Waals surface area contributed by atoms with Gasteiger partial charge < -0.3 is 15.0 Å². The Hall–Kier alpha value is -1.97. The molecule has 4 rings (SSSR count). The lowest BCUT2D eigenvalue weighted by molar-refractivity contribution is 0.402. The smallest absolute Gasteiger partial charge is 0.124 e. The van der Waals surface area contributed by atoms with E-state index in [-0.39, 0.29) is 6.04 Å². The van der Waals surface area contributed by atoms with Crippen LogP contribution in [0.25, 0.3) is 10.9 Å². The van der Waals surface area contributed by atoms with Gasteiger partial charge in [-0.3, -0.25) is 0 Å². The highest BCUT2D eigenvalue weighted by atomic mass is 35.5. The standard InChI is InChI=1S/C19H19ClN2O/c1-11-3-6-17(23-2)15(9-11)18-19-13(7-8-21-18)14-10-12(20)4-5-16(14)22-19/h3-6,9-10,18,21-22H,7-8H2,1-2H3. The Morgan fingerprint density at radius 2 is 2.04 bits per heavy atom. The minimum atomic E-state index is 0.111. The van der Waals surface area contributed by atoms with Gasteiger partial charge in [0.2, 0.25) is 0 Å². The highest BCUT2D eigenvalue weighted by molar-refractivity contribution is 6.31. The van der Waals surface area contributed by atoms with Crippen LogP contribution in [-0.4, -0.2) is 18.6 Å². The van der Waals surface area contributed by atoms with Gasteiger partial charge in [0.25, 0.3) is 0 Å². The highest BCUT2D eigenvalue weighted by Crippen LogP contribution is 2.37. The molecule has 1 atom stereocenters. The number of ether oxygens (including phenoxy) is 1. The zero-order valence-electron chi connectivity index (χ0n) is 13.2. The topological polar surface area (TPSA) is 37.0 Å². The van der Waals surface area contributed by atoms with E-state index in [1.54, 1.807) is 7.11 Å². The Morgan fingerprint density at radius 3 is 2.87 bits per heavy atom. The first-order valence-corrected chi connectivity index (χ1v) is 8.23. The molecular formula is C19H19ClN2O. The number of hydrogen-bond acceptors (Lipinski definition) is 2. The summed E-state index contributed by atoms with van der Waals surface area (Å²) in [5, 5.41) is 5.63. The van der Waals surface area contributed by atoms with Gasteiger partial charge in [-0.1, -0.05) is 29.3 Å². The molecule has 1 aromatic heterocycles. The van der Waals surface area contributed by atoms with Crippen molar-refractivity contribution in [3.63, 3.8) is 0 Å². The molecule has 4 heteroatoms. The van der Waals surface area contributed by atoms with E-state index in [0.717, 1.165) is 29.3 Å². The second-order valence-corrected chi connectivity index (χ2v) is 6.53. The number of hydrogen-bond donors (Lipinski definition) is 2.